The number of aromatic nitrogens is 2. The second-order valence-corrected chi connectivity index (χ2v) is 5.56. The summed E-state index contributed by atoms with van der Waals surface area (Å²) in [4.78, 5) is 12.3. The largest absolute Gasteiger partial charge is 0.398 e. The molecule has 0 atom stereocenters. The minimum Gasteiger partial charge on any atom is -0.398 e. The molecule has 3 rings (SSSR count). The van der Waals surface area contributed by atoms with E-state index in [1.807, 2.05) is 12.1 Å². The summed E-state index contributed by atoms with van der Waals surface area (Å²) in [5, 5.41) is 0.971. The van der Waals surface area contributed by atoms with E-state index in [1.165, 1.54) is 0 Å². The van der Waals surface area contributed by atoms with E-state index in [0.717, 1.165) is 33.5 Å². The van der Waals surface area contributed by atoms with Crippen LogP contribution in [0.2, 0.25) is 0 Å². The van der Waals surface area contributed by atoms with Gasteiger partial charge in [-0.3, -0.25) is 4.99 Å². The fraction of sp³-hybridized carbons (Fsp3) is 0.0588. The van der Waals surface area contributed by atoms with E-state index in [0.29, 0.717) is 10.6 Å². The lowest BCUT2D eigenvalue weighted by molar-refractivity contribution is 0.935. The van der Waals surface area contributed by atoms with Crippen LogP contribution in [-0.2, 0) is 0 Å². The van der Waals surface area contributed by atoms with Crippen molar-refractivity contribution < 1.29 is 3.89 Å². The standard InChI is InChI=1S/C17H15FN4S/c1-3-14-12(9-20-2)11-5-6-15(22-17(11)21-14)10-4-7-16(23-18)13(19)8-10/h3-9H,1,19H2,2H3,(H,21,22). The highest BCUT2D eigenvalue weighted by Gasteiger charge is 2.11. The summed E-state index contributed by atoms with van der Waals surface area (Å²) in [5.74, 6) is 0. The predicted octanol–water partition coefficient (Wildman–Crippen LogP) is 4.48. The van der Waals surface area contributed by atoms with Gasteiger partial charge >= 0.3 is 0 Å². The summed E-state index contributed by atoms with van der Waals surface area (Å²) in [6.07, 6.45) is 3.52. The Morgan fingerprint density at radius 2 is 2.17 bits per heavy atom. The number of hydrogen-bond donors (Lipinski definition) is 2. The van der Waals surface area contributed by atoms with Crippen molar-refractivity contribution in [2.45, 2.75) is 4.90 Å². The molecule has 23 heavy (non-hydrogen) atoms. The van der Waals surface area contributed by atoms with Crippen molar-refractivity contribution in [2.75, 3.05) is 12.8 Å². The highest BCUT2D eigenvalue weighted by molar-refractivity contribution is 7.94. The van der Waals surface area contributed by atoms with Crippen LogP contribution in [0.1, 0.15) is 11.3 Å². The van der Waals surface area contributed by atoms with Crippen LogP contribution in [0.5, 0.6) is 0 Å². The van der Waals surface area contributed by atoms with Gasteiger partial charge in [0.1, 0.15) is 5.65 Å². The first-order chi connectivity index (χ1) is 11.2. The normalized spacial score (nSPS) is 11.4. The number of aliphatic imine (C=N–C) groups is 1. The summed E-state index contributed by atoms with van der Waals surface area (Å²) in [7, 11) is 1.72. The Hall–Kier alpha value is -2.60. The van der Waals surface area contributed by atoms with E-state index in [-0.39, 0.29) is 12.1 Å². The molecule has 0 radical (unpaired) electrons. The maximum atomic E-state index is 12.7. The fourth-order valence-electron chi connectivity index (χ4n) is 2.48. The van der Waals surface area contributed by atoms with Crippen molar-refractivity contribution >= 4 is 41.2 Å². The summed E-state index contributed by atoms with van der Waals surface area (Å²) < 4.78 is 12.7. The maximum absolute atomic E-state index is 12.7. The van der Waals surface area contributed by atoms with Gasteiger partial charge in [-0.25, -0.2) is 4.98 Å². The molecule has 1 aromatic carbocycles. The van der Waals surface area contributed by atoms with E-state index >= 15 is 0 Å². The maximum Gasteiger partial charge on any atom is 0.139 e. The molecule has 0 aliphatic rings. The van der Waals surface area contributed by atoms with E-state index in [2.05, 4.69) is 21.5 Å². The van der Waals surface area contributed by atoms with Crippen LogP contribution < -0.4 is 5.73 Å². The molecule has 2 heterocycles. The SMILES string of the molecule is C=Cc1[nH]c2nc(-c3ccc(SF)c(N)c3)ccc2c1C=NC. The van der Waals surface area contributed by atoms with E-state index in [9.17, 15) is 3.89 Å². The first-order valence-electron chi connectivity index (χ1n) is 6.93. The molecule has 0 amide bonds. The average molecular weight is 326 g/mol. The first-order valence-corrected chi connectivity index (χ1v) is 7.65. The number of pyridine rings is 1. The molecule has 116 valence electrons. The Balaban J connectivity index is 2.13. The Labute approximate surface area is 137 Å². The van der Waals surface area contributed by atoms with Crippen molar-refractivity contribution in [2.24, 2.45) is 4.99 Å². The number of rotatable bonds is 4. The van der Waals surface area contributed by atoms with Crippen LogP contribution in [-0.4, -0.2) is 23.2 Å². The van der Waals surface area contributed by atoms with Gasteiger partial charge in [-0.2, -0.15) is 3.89 Å². The Bertz CT molecular complexity index is 914. The van der Waals surface area contributed by atoms with Crippen LogP contribution in [0.15, 0.2) is 46.8 Å². The number of nitrogen functional groups attached to an aromatic ring is 1. The molecule has 0 saturated carbocycles. The van der Waals surface area contributed by atoms with Crippen LogP contribution in [0.4, 0.5) is 9.57 Å². The van der Waals surface area contributed by atoms with Gasteiger partial charge in [0.25, 0.3) is 0 Å². The number of nitrogens with two attached hydrogens (primary N) is 1. The molecule has 6 heteroatoms. The number of aromatic amines is 1. The van der Waals surface area contributed by atoms with Gasteiger partial charge in [0.05, 0.1) is 22.7 Å². The van der Waals surface area contributed by atoms with E-state index in [1.54, 1.807) is 37.5 Å². The number of nitrogens with zero attached hydrogens (tertiary/aromatic N) is 2. The van der Waals surface area contributed by atoms with Gasteiger partial charge in [-0.15, -0.1) is 0 Å². The molecule has 2 aromatic heterocycles. The van der Waals surface area contributed by atoms with E-state index < -0.39 is 0 Å². The zero-order valence-electron chi connectivity index (χ0n) is 12.5. The van der Waals surface area contributed by atoms with Crippen molar-refractivity contribution in [1.82, 2.24) is 9.97 Å². The number of benzene rings is 1. The minimum atomic E-state index is 0.138. The van der Waals surface area contributed by atoms with Crippen molar-refractivity contribution in [3.8, 4) is 11.3 Å². The predicted molar refractivity (Wildman–Crippen MR) is 96.5 cm³/mol. The topological polar surface area (TPSA) is 67.1 Å². The molecule has 0 aliphatic heterocycles. The van der Waals surface area contributed by atoms with Gasteiger partial charge in [0.2, 0.25) is 0 Å². The number of hydrogen-bond acceptors (Lipinski definition) is 4. The quantitative estimate of drug-likeness (QED) is 0.549. The molecule has 0 aliphatic carbocycles. The smallest absolute Gasteiger partial charge is 0.139 e. The lowest BCUT2D eigenvalue weighted by Gasteiger charge is -2.05. The summed E-state index contributed by atoms with van der Waals surface area (Å²) in [6.45, 7) is 3.81. The summed E-state index contributed by atoms with van der Waals surface area (Å²) in [5.41, 5.74) is 10.4. The molecule has 0 bridgehead atoms. The highest BCUT2D eigenvalue weighted by atomic mass is 32.2. The molecule has 3 aromatic rings. The number of fused-ring (bicyclic) bond motifs is 1. The molecule has 0 saturated heterocycles. The summed E-state index contributed by atoms with van der Waals surface area (Å²) >= 11 is 0.138. The van der Waals surface area contributed by atoms with Gasteiger partial charge < -0.3 is 10.7 Å². The monoisotopic (exact) mass is 326 g/mol. The minimum absolute atomic E-state index is 0.138. The van der Waals surface area contributed by atoms with Crippen LogP contribution in [0.3, 0.4) is 0 Å². The molecule has 4 nitrogen and oxygen atoms in total. The van der Waals surface area contributed by atoms with E-state index in [4.69, 9.17) is 5.73 Å². The lowest BCUT2D eigenvalue weighted by Crippen LogP contribution is -1.90. The van der Waals surface area contributed by atoms with Gasteiger partial charge in [0, 0.05) is 41.2 Å². The Kier molecular flexibility index (Phi) is 4.16. The zero-order valence-corrected chi connectivity index (χ0v) is 13.3. The molecule has 0 spiro atoms. The average Bonchev–Trinajstić information content (AvgIpc) is 2.92. The molecule has 0 fully saturated rings. The number of nitrogens with one attached hydrogen (secondary N) is 1. The second-order valence-electron chi connectivity index (χ2n) is 4.97. The third-order valence-electron chi connectivity index (χ3n) is 3.58. The number of H-pyrrole nitrogens is 1. The second kappa shape index (κ2) is 6.26. The van der Waals surface area contributed by atoms with Gasteiger partial charge in [-0.05, 0) is 30.3 Å². The number of anilines is 1. The third kappa shape index (κ3) is 2.73. The lowest BCUT2D eigenvalue weighted by atomic mass is 10.1. The van der Waals surface area contributed by atoms with Gasteiger partial charge in [0.15, 0.2) is 0 Å². The number of halogens is 1. The summed E-state index contributed by atoms with van der Waals surface area (Å²) in [6, 6.07) is 9.07. The van der Waals surface area contributed by atoms with Gasteiger partial charge in [-0.1, -0.05) is 12.6 Å². The van der Waals surface area contributed by atoms with Crippen molar-refractivity contribution in [3.63, 3.8) is 0 Å². The Morgan fingerprint density at radius 3 is 2.83 bits per heavy atom. The first kappa shape index (κ1) is 15.3. The van der Waals surface area contributed by atoms with Crippen LogP contribution >= 0.6 is 12.1 Å². The van der Waals surface area contributed by atoms with Crippen LogP contribution in [0, 0.1) is 0 Å². The Morgan fingerprint density at radius 1 is 1.35 bits per heavy atom. The molecule has 0 unspecified atom stereocenters. The fourth-order valence-corrected chi connectivity index (χ4v) is 2.75. The van der Waals surface area contributed by atoms with Crippen molar-refractivity contribution in [3.05, 3.63) is 48.2 Å². The molecular formula is C17H15FN4S. The molecular weight excluding hydrogens is 311 g/mol. The van der Waals surface area contributed by atoms with Crippen LogP contribution in [0.25, 0.3) is 28.4 Å². The third-order valence-corrected chi connectivity index (χ3v) is 4.12. The van der Waals surface area contributed by atoms with Crippen molar-refractivity contribution in [1.29, 1.82) is 0 Å². The highest BCUT2D eigenvalue weighted by Crippen LogP contribution is 2.31. The zero-order chi connectivity index (χ0) is 16.4. The molecule has 3 N–H and O–H groups in total.